The fourth-order valence-corrected chi connectivity index (χ4v) is 3.37. The lowest BCUT2D eigenvalue weighted by Gasteiger charge is -2.06. The highest BCUT2D eigenvalue weighted by Gasteiger charge is 2.18. The van der Waals surface area contributed by atoms with Gasteiger partial charge in [-0.2, -0.15) is 0 Å². The molecule has 0 N–H and O–H groups in total. The molecule has 0 spiro atoms. The Hall–Kier alpha value is -2.40. The van der Waals surface area contributed by atoms with E-state index in [1.807, 2.05) is 24.3 Å². The van der Waals surface area contributed by atoms with Crippen LogP contribution in [0.5, 0.6) is 0 Å². The molecule has 0 aliphatic heterocycles. The zero-order valence-corrected chi connectivity index (χ0v) is 15.4. The summed E-state index contributed by atoms with van der Waals surface area (Å²) in [5.74, 6) is 0.685. The van der Waals surface area contributed by atoms with Crippen molar-refractivity contribution in [3.63, 3.8) is 0 Å². The Morgan fingerprint density at radius 3 is 2.56 bits per heavy atom. The molecule has 25 heavy (non-hydrogen) atoms. The van der Waals surface area contributed by atoms with E-state index in [1.165, 1.54) is 11.3 Å². The van der Waals surface area contributed by atoms with Gasteiger partial charge in [-0.25, -0.2) is 14.5 Å². The van der Waals surface area contributed by atoms with E-state index in [9.17, 15) is 0 Å². The van der Waals surface area contributed by atoms with Gasteiger partial charge in [0.1, 0.15) is 12.0 Å². The van der Waals surface area contributed by atoms with E-state index in [1.54, 1.807) is 10.8 Å². The number of rotatable bonds is 4. The average molecular weight is 354 g/mol. The van der Waals surface area contributed by atoms with Gasteiger partial charge >= 0.3 is 0 Å². The van der Waals surface area contributed by atoms with Crippen LogP contribution >= 0.6 is 11.6 Å². The quantitative estimate of drug-likeness (QED) is 0.528. The van der Waals surface area contributed by atoms with Crippen LogP contribution in [0.1, 0.15) is 31.0 Å². The first-order valence-electron chi connectivity index (χ1n) is 8.57. The van der Waals surface area contributed by atoms with Crippen molar-refractivity contribution in [1.29, 1.82) is 0 Å². The van der Waals surface area contributed by atoms with E-state index < -0.39 is 0 Å². The summed E-state index contributed by atoms with van der Waals surface area (Å²) in [6.07, 6.45) is 4.05. The molecule has 3 aromatic heterocycles. The normalized spacial score (nSPS) is 11.7. The summed E-state index contributed by atoms with van der Waals surface area (Å²) in [6.45, 7) is 7.47. The first-order valence-corrected chi connectivity index (χ1v) is 8.94. The molecule has 0 aliphatic rings. The van der Waals surface area contributed by atoms with Crippen LogP contribution in [-0.2, 0) is 6.54 Å². The van der Waals surface area contributed by atoms with Crippen molar-refractivity contribution in [2.45, 2.75) is 40.2 Å². The molecule has 0 aliphatic carbocycles. The third kappa shape index (κ3) is 2.59. The summed E-state index contributed by atoms with van der Waals surface area (Å²) in [5, 5.41) is 6.39. The second-order valence-electron chi connectivity index (χ2n) is 6.37. The number of unbranched alkanes of at least 4 members (excludes halogenated alkanes) is 1. The SMILES string of the molecule is CCCCn1c(C)c(C)c2c1ncn1nc(-c3ccc(Cl)cc3)nc21. The van der Waals surface area contributed by atoms with Crippen LogP contribution in [0.15, 0.2) is 30.6 Å². The zero-order valence-electron chi connectivity index (χ0n) is 14.6. The molecule has 5 nitrogen and oxygen atoms in total. The highest BCUT2D eigenvalue weighted by Crippen LogP contribution is 2.28. The molecule has 3 heterocycles. The zero-order chi connectivity index (χ0) is 17.6. The number of aromatic nitrogens is 5. The predicted octanol–water partition coefficient (Wildman–Crippen LogP) is 4.82. The smallest absolute Gasteiger partial charge is 0.182 e. The van der Waals surface area contributed by atoms with E-state index in [4.69, 9.17) is 16.6 Å². The van der Waals surface area contributed by atoms with Gasteiger partial charge < -0.3 is 4.57 Å². The van der Waals surface area contributed by atoms with Crippen LogP contribution in [0.3, 0.4) is 0 Å². The lowest BCUT2D eigenvalue weighted by molar-refractivity contribution is 0.631. The minimum absolute atomic E-state index is 0.685. The van der Waals surface area contributed by atoms with E-state index in [-0.39, 0.29) is 0 Å². The lowest BCUT2D eigenvalue weighted by atomic mass is 10.2. The predicted molar refractivity (Wildman–Crippen MR) is 101 cm³/mol. The van der Waals surface area contributed by atoms with Crippen molar-refractivity contribution in [1.82, 2.24) is 24.1 Å². The molecule has 4 aromatic rings. The highest BCUT2D eigenvalue weighted by molar-refractivity contribution is 6.30. The van der Waals surface area contributed by atoms with Gasteiger partial charge in [0.05, 0.1) is 5.39 Å². The molecule has 0 unspecified atom stereocenters. The summed E-state index contributed by atoms with van der Waals surface area (Å²) < 4.78 is 4.06. The Bertz CT molecular complexity index is 1060. The van der Waals surface area contributed by atoms with Crippen LogP contribution < -0.4 is 0 Å². The molecule has 128 valence electrons. The number of aryl methyl sites for hydroxylation is 2. The van der Waals surface area contributed by atoms with Gasteiger partial charge in [0.15, 0.2) is 11.5 Å². The first-order chi connectivity index (χ1) is 12.1. The molecular weight excluding hydrogens is 334 g/mol. The minimum Gasteiger partial charge on any atom is -0.329 e. The summed E-state index contributed by atoms with van der Waals surface area (Å²) in [6, 6.07) is 7.58. The average Bonchev–Trinajstić information content (AvgIpc) is 3.14. The van der Waals surface area contributed by atoms with Gasteiger partial charge in [0.2, 0.25) is 0 Å². The molecule has 1 aromatic carbocycles. The fraction of sp³-hybridized carbons (Fsp3) is 0.316. The van der Waals surface area contributed by atoms with Gasteiger partial charge in [0.25, 0.3) is 0 Å². The topological polar surface area (TPSA) is 48.0 Å². The van der Waals surface area contributed by atoms with Crippen molar-refractivity contribution in [2.24, 2.45) is 0 Å². The molecule has 4 rings (SSSR count). The number of fused-ring (bicyclic) bond motifs is 3. The van der Waals surface area contributed by atoms with Crippen molar-refractivity contribution in [2.75, 3.05) is 0 Å². The summed E-state index contributed by atoms with van der Waals surface area (Å²) in [7, 11) is 0. The maximum Gasteiger partial charge on any atom is 0.182 e. The number of nitrogens with zero attached hydrogens (tertiary/aromatic N) is 5. The maximum atomic E-state index is 5.98. The second-order valence-corrected chi connectivity index (χ2v) is 6.81. The van der Waals surface area contributed by atoms with Crippen molar-refractivity contribution in [3.05, 3.63) is 46.9 Å². The van der Waals surface area contributed by atoms with Crippen LogP contribution in [0.4, 0.5) is 0 Å². The van der Waals surface area contributed by atoms with Crippen molar-refractivity contribution in [3.8, 4) is 11.4 Å². The molecule has 0 saturated carbocycles. The molecule has 0 amide bonds. The highest BCUT2D eigenvalue weighted by atomic mass is 35.5. The third-order valence-corrected chi connectivity index (χ3v) is 5.04. The minimum atomic E-state index is 0.685. The Labute approximate surface area is 151 Å². The maximum absolute atomic E-state index is 5.98. The van der Waals surface area contributed by atoms with E-state index in [0.29, 0.717) is 10.8 Å². The summed E-state index contributed by atoms with van der Waals surface area (Å²) in [4.78, 5) is 9.46. The van der Waals surface area contributed by atoms with E-state index >= 15 is 0 Å². The number of hydrogen-bond acceptors (Lipinski definition) is 3. The second kappa shape index (κ2) is 6.15. The Morgan fingerprint density at radius 1 is 1.08 bits per heavy atom. The van der Waals surface area contributed by atoms with Gasteiger partial charge in [-0.1, -0.05) is 24.9 Å². The Balaban J connectivity index is 1.93. The van der Waals surface area contributed by atoms with Crippen molar-refractivity contribution >= 4 is 28.3 Å². The molecule has 0 bridgehead atoms. The Kier molecular flexibility index (Phi) is 3.96. The molecule has 0 saturated heterocycles. The van der Waals surface area contributed by atoms with E-state index in [2.05, 4.69) is 35.4 Å². The first kappa shape index (κ1) is 16.1. The molecule has 0 fully saturated rings. The van der Waals surface area contributed by atoms with Crippen LogP contribution in [-0.4, -0.2) is 24.1 Å². The molecule has 0 atom stereocenters. The number of halogens is 1. The molecule has 0 radical (unpaired) electrons. The fourth-order valence-electron chi connectivity index (χ4n) is 3.24. The van der Waals surface area contributed by atoms with Crippen molar-refractivity contribution < 1.29 is 0 Å². The van der Waals surface area contributed by atoms with Crippen LogP contribution in [0, 0.1) is 13.8 Å². The third-order valence-electron chi connectivity index (χ3n) is 4.78. The standard InChI is InChI=1S/C19H20ClN5/c1-4-5-10-24-13(3)12(2)16-18(24)21-11-25-19(16)22-17(23-25)14-6-8-15(20)9-7-14/h6-9,11H,4-5,10H2,1-3H3. The molecular formula is C19H20ClN5. The summed E-state index contributed by atoms with van der Waals surface area (Å²) >= 11 is 5.98. The lowest BCUT2D eigenvalue weighted by Crippen LogP contribution is -2.01. The largest absolute Gasteiger partial charge is 0.329 e. The number of hydrogen-bond donors (Lipinski definition) is 0. The molecule has 6 heteroatoms. The Morgan fingerprint density at radius 2 is 1.84 bits per heavy atom. The van der Waals surface area contributed by atoms with E-state index in [0.717, 1.165) is 41.6 Å². The summed E-state index contributed by atoms with van der Waals surface area (Å²) in [5.41, 5.74) is 5.26. The van der Waals surface area contributed by atoms with Gasteiger partial charge in [-0.15, -0.1) is 5.10 Å². The van der Waals surface area contributed by atoms with Gasteiger partial charge in [0, 0.05) is 22.8 Å². The van der Waals surface area contributed by atoms with Gasteiger partial charge in [-0.3, -0.25) is 0 Å². The van der Waals surface area contributed by atoms with Crippen LogP contribution in [0.2, 0.25) is 5.02 Å². The van der Waals surface area contributed by atoms with Gasteiger partial charge in [-0.05, 0) is 50.1 Å². The number of benzene rings is 1. The monoisotopic (exact) mass is 353 g/mol. The van der Waals surface area contributed by atoms with Crippen LogP contribution in [0.25, 0.3) is 28.1 Å².